The van der Waals surface area contributed by atoms with E-state index in [9.17, 15) is 8.42 Å². The van der Waals surface area contributed by atoms with Crippen molar-refractivity contribution in [1.29, 1.82) is 0 Å². The van der Waals surface area contributed by atoms with Gasteiger partial charge >= 0.3 is 0 Å². The summed E-state index contributed by atoms with van der Waals surface area (Å²) >= 11 is 0. The highest BCUT2D eigenvalue weighted by Crippen LogP contribution is 2.31. The molecular formula is C21H23NO4S. The van der Waals surface area contributed by atoms with Crippen LogP contribution in [-0.4, -0.2) is 22.1 Å². The van der Waals surface area contributed by atoms with Crippen LogP contribution < -0.4 is 14.2 Å². The zero-order chi connectivity index (χ0) is 19.3. The zero-order valence-electron chi connectivity index (χ0n) is 15.4. The minimum Gasteiger partial charge on any atom is -0.496 e. The standard InChI is InChI=1S/C21H23NO4S/c1-3-4-15-26-17-11-9-16(10-12-17)22-27(23,24)21-14-13-20(25-2)18-7-5-6-8-19(18)21/h5-14,22H,3-4,15H2,1-2H3. The summed E-state index contributed by atoms with van der Waals surface area (Å²) in [6, 6.07) is 17.4. The molecule has 0 amide bonds. The van der Waals surface area contributed by atoms with Crippen molar-refractivity contribution in [3.8, 4) is 11.5 Å². The Kier molecular flexibility index (Phi) is 5.86. The molecule has 0 spiro atoms. The molecule has 27 heavy (non-hydrogen) atoms. The molecule has 0 aromatic heterocycles. The van der Waals surface area contributed by atoms with Crippen LogP contribution in [0.3, 0.4) is 0 Å². The van der Waals surface area contributed by atoms with Crippen LogP contribution in [-0.2, 0) is 10.0 Å². The van der Waals surface area contributed by atoms with Gasteiger partial charge in [0.15, 0.2) is 0 Å². The smallest absolute Gasteiger partial charge is 0.262 e. The van der Waals surface area contributed by atoms with E-state index in [2.05, 4.69) is 11.6 Å². The van der Waals surface area contributed by atoms with E-state index in [-0.39, 0.29) is 4.90 Å². The van der Waals surface area contributed by atoms with Gasteiger partial charge in [0.05, 0.1) is 18.6 Å². The number of hydrogen-bond acceptors (Lipinski definition) is 4. The Morgan fingerprint density at radius 1 is 0.926 bits per heavy atom. The molecule has 0 fully saturated rings. The van der Waals surface area contributed by atoms with E-state index in [0.29, 0.717) is 23.4 Å². The molecule has 0 saturated heterocycles. The number of fused-ring (bicyclic) bond motifs is 1. The quantitative estimate of drug-likeness (QED) is 0.564. The lowest BCUT2D eigenvalue weighted by Crippen LogP contribution is -2.13. The lowest BCUT2D eigenvalue weighted by atomic mass is 10.1. The van der Waals surface area contributed by atoms with Crippen LogP contribution in [0.15, 0.2) is 65.6 Å². The van der Waals surface area contributed by atoms with Crippen LogP contribution in [0.1, 0.15) is 19.8 Å². The maximum Gasteiger partial charge on any atom is 0.262 e. The highest BCUT2D eigenvalue weighted by atomic mass is 32.2. The number of unbranched alkanes of at least 4 members (excludes halogenated alkanes) is 1. The van der Waals surface area contributed by atoms with Crippen molar-refractivity contribution in [2.45, 2.75) is 24.7 Å². The second kappa shape index (κ2) is 8.31. The molecule has 6 heteroatoms. The minimum atomic E-state index is -3.75. The van der Waals surface area contributed by atoms with Crippen molar-refractivity contribution in [3.63, 3.8) is 0 Å². The molecule has 0 unspecified atom stereocenters. The summed E-state index contributed by atoms with van der Waals surface area (Å²) in [4.78, 5) is 0.210. The first-order valence-electron chi connectivity index (χ1n) is 8.86. The Hall–Kier alpha value is -2.73. The van der Waals surface area contributed by atoms with Gasteiger partial charge in [-0.2, -0.15) is 0 Å². The van der Waals surface area contributed by atoms with Gasteiger partial charge in [0, 0.05) is 16.5 Å². The van der Waals surface area contributed by atoms with Gasteiger partial charge in [0.2, 0.25) is 0 Å². The maximum absolute atomic E-state index is 12.9. The van der Waals surface area contributed by atoms with Crippen LogP contribution in [0.2, 0.25) is 0 Å². The molecule has 142 valence electrons. The van der Waals surface area contributed by atoms with Crippen LogP contribution >= 0.6 is 0 Å². The third kappa shape index (κ3) is 4.34. The molecule has 0 aliphatic carbocycles. The first-order chi connectivity index (χ1) is 13.0. The van der Waals surface area contributed by atoms with Gasteiger partial charge in [-0.25, -0.2) is 8.42 Å². The lowest BCUT2D eigenvalue weighted by molar-refractivity contribution is 0.309. The SMILES string of the molecule is CCCCOc1ccc(NS(=O)(=O)c2ccc(OC)c3ccccc23)cc1. The van der Waals surface area contributed by atoms with E-state index < -0.39 is 10.0 Å². The minimum absolute atomic E-state index is 0.210. The fraction of sp³-hybridized carbons (Fsp3) is 0.238. The molecule has 3 rings (SSSR count). The van der Waals surface area contributed by atoms with Crippen molar-refractivity contribution in [2.24, 2.45) is 0 Å². The Morgan fingerprint density at radius 2 is 1.63 bits per heavy atom. The first kappa shape index (κ1) is 19.0. The molecular weight excluding hydrogens is 362 g/mol. The largest absolute Gasteiger partial charge is 0.496 e. The molecule has 0 saturated carbocycles. The highest BCUT2D eigenvalue weighted by molar-refractivity contribution is 7.93. The summed E-state index contributed by atoms with van der Waals surface area (Å²) in [5, 5.41) is 1.37. The average Bonchev–Trinajstić information content (AvgIpc) is 2.68. The molecule has 3 aromatic carbocycles. The molecule has 0 bridgehead atoms. The van der Waals surface area contributed by atoms with Crippen LogP contribution in [0.25, 0.3) is 10.8 Å². The first-order valence-corrected chi connectivity index (χ1v) is 10.3. The van der Waals surface area contributed by atoms with E-state index in [4.69, 9.17) is 9.47 Å². The molecule has 0 aliphatic rings. The van der Waals surface area contributed by atoms with Crippen LogP contribution in [0.4, 0.5) is 5.69 Å². The van der Waals surface area contributed by atoms with Crippen molar-refractivity contribution < 1.29 is 17.9 Å². The summed E-state index contributed by atoms with van der Waals surface area (Å²) in [6.45, 7) is 2.75. The van der Waals surface area contributed by atoms with Crippen molar-refractivity contribution >= 4 is 26.5 Å². The van der Waals surface area contributed by atoms with Gasteiger partial charge in [-0.3, -0.25) is 4.72 Å². The van der Waals surface area contributed by atoms with Gasteiger partial charge in [-0.1, -0.05) is 37.6 Å². The number of nitrogens with one attached hydrogen (secondary N) is 1. The van der Waals surface area contributed by atoms with Gasteiger partial charge in [0.1, 0.15) is 11.5 Å². The maximum atomic E-state index is 12.9. The summed E-state index contributed by atoms with van der Waals surface area (Å²) in [5.41, 5.74) is 0.484. The highest BCUT2D eigenvalue weighted by Gasteiger charge is 2.19. The number of rotatable bonds is 8. The van der Waals surface area contributed by atoms with Crippen LogP contribution in [0, 0.1) is 0 Å². The molecule has 0 aliphatic heterocycles. The topological polar surface area (TPSA) is 64.6 Å². The Balaban J connectivity index is 1.86. The fourth-order valence-electron chi connectivity index (χ4n) is 2.82. The molecule has 1 N–H and O–H groups in total. The summed E-state index contributed by atoms with van der Waals surface area (Å²) in [5.74, 6) is 1.36. The van der Waals surface area contributed by atoms with E-state index in [1.165, 1.54) is 0 Å². The number of benzene rings is 3. The van der Waals surface area contributed by atoms with Crippen molar-refractivity contribution in [3.05, 3.63) is 60.7 Å². The number of ether oxygens (including phenoxy) is 2. The summed E-state index contributed by atoms with van der Waals surface area (Å²) in [6.07, 6.45) is 2.05. The number of hydrogen-bond donors (Lipinski definition) is 1. The second-order valence-corrected chi connectivity index (χ2v) is 7.79. The Bertz CT molecular complexity index is 1010. The van der Waals surface area contributed by atoms with Crippen molar-refractivity contribution in [1.82, 2.24) is 0 Å². The Morgan fingerprint density at radius 3 is 2.30 bits per heavy atom. The number of methoxy groups -OCH3 is 1. The monoisotopic (exact) mass is 385 g/mol. The number of anilines is 1. The average molecular weight is 385 g/mol. The number of sulfonamides is 1. The second-order valence-electron chi connectivity index (χ2n) is 6.14. The van der Waals surface area contributed by atoms with Gasteiger partial charge < -0.3 is 9.47 Å². The van der Waals surface area contributed by atoms with E-state index in [1.54, 1.807) is 49.6 Å². The fourth-order valence-corrected chi connectivity index (χ4v) is 4.09. The molecule has 3 aromatic rings. The van der Waals surface area contributed by atoms with Crippen molar-refractivity contribution in [2.75, 3.05) is 18.4 Å². The Labute approximate surface area is 160 Å². The predicted molar refractivity (Wildman–Crippen MR) is 108 cm³/mol. The van der Waals surface area contributed by atoms with Gasteiger partial charge in [-0.05, 0) is 42.8 Å². The van der Waals surface area contributed by atoms with Crippen LogP contribution in [0.5, 0.6) is 11.5 Å². The normalized spacial score (nSPS) is 11.3. The molecule has 0 heterocycles. The van der Waals surface area contributed by atoms with Gasteiger partial charge in [-0.15, -0.1) is 0 Å². The summed E-state index contributed by atoms with van der Waals surface area (Å²) < 4.78 is 39.4. The molecule has 5 nitrogen and oxygen atoms in total. The zero-order valence-corrected chi connectivity index (χ0v) is 16.3. The lowest BCUT2D eigenvalue weighted by Gasteiger charge is -2.13. The van der Waals surface area contributed by atoms with E-state index in [1.807, 2.05) is 18.2 Å². The third-order valence-corrected chi connectivity index (χ3v) is 5.67. The predicted octanol–water partition coefficient (Wildman–Crippen LogP) is 4.83. The third-order valence-electron chi connectivity index (χ3n) is 4.23. The van der Waals surface area contributed by atoms with Gasteiger partial charge in [0.25, 0.3) is 10.0 Å². The molecule has 0 atom stereocenters. The van der Waals surface area contributed by atoms with E-state index >= 15 is 0 Å². The summed E-state index contributed by atoms with van der Waals surface area (Å²) in [7, 11) is -2.18. The molecule has 0 radical (unpaired) electrons. The van der Waals surface area contributed by atoms with E-state index in [0.717, 1.165) is 24.0 Å².